The molecule has 12 heteroatoms. The Hall–Kier alpha value is -4.08. The summed E-state index contributed by atoms with van der Waals surface area (Å²) in [5, 5.41) is 9.40. The average molecular weight is 626 g/mol. The summed E-state index contributed by atoms with van der Waals surface area (Å²) in [4.78, 5) is 26.1. The molecule has 0 aromatic heterocycles. The lowest BCUT2D eigenvalue weighted by Crippen LogP contribution is -2.56. The molecular weight excluding hydrogens is 586 g/mol. The van der Waals surface area contributed by atoms with E-state index in [1.165, 1.54) is 18.3 Å². The molecule has 0 radical (unpaired) electrons. The third kappa shape index (κ3) is 7.34. The molecule has 0 bridgehead atoms. The molecule has 44 heavy (non-hydrogen) atoms. The summed E-state index contributed by atoms with van der Waals surface area (Å²) >= 11 is 0. The van der Waals surface area contributed by atoms with Crippen LogP contribution in [0, 0.1) is 11.3 Å². The van der Waals surface area contributed by atoms with Crippen molar-refractivity contribution in [3.63, 3.8) is 0 Å². The summed E-state index contributed by atoms with van der Waals surface area (Å²) in [6.07, 6.45) is 3.58. The van der Waals surface area contributed by atoms with E-state index < -0.39 is 45.0 Å². The SMILES string of the molecule is COc1ccc2c(c1)N(S(=O)(=O)C(C)OC(C)=O)C(/C=C/c1cccc(C#N)c1)(OC1CCN(C(=O)OC(C)(C)C)CC1)C2. The molecular formula is C32H39N3O8S. The number of carbonyl (C=O) groups excluding carboxylic acids is 2. The molecule has 0 saturated carbocycles. The zero-order chi connectivity index (χ0) is 32.3. The van der Waals surface area contributed by atoms with Gasteiger partial charge in [-0.25, -0.2) is 17.5 Å². The Morgan fingerprint density at radius 3 is 2.45 bits per heavy atom. The van der Waals surface area contributed by atoms with Gasteiger partial charge in [-0.2, -0.15) is 5.26 Å². The van der Waals surface area contributed by atoms with Crippen LogP contribution in [-0.4, -0.2) is 68.4 Å². The number of esters is 1. The Balaban J connectivity index is 1.77. The van der Waals surface area contributed by atoms with Crippen molar-refractivity contribution >= 4 is 33.8 Å². The third-order valence-corrected chi connectivity index (χ3v) is 9.27. The Labute approximate surface area is 259 Å². The van der Waals surface area contributed by atoms with Crippen LogP contribution in [0.4, 0.5) is 10.5 Å². The predicted molar refractivity (Wildman–Crippen MR) is 164 cm³/mol. The fraction of sp³-hybridized carbons (Fsp3) is 0.469. The van der Waals surface area contributed by atoms with Crippen molar-refractivity contribution in [1.29, 1.82) is 5.26 Å². The second kappa shape index (κ2) is 12.9. The molecule has 2 aliphatic heterocycles. The number of rotatable bonds is 8. The van der Waals surface area contributed by atoms with Gasteiger partial charge in [0.15, 0.2) is 5.72 Å². The second-order valence-electron chi connectivity index (χ2n) is 11.9. The van der Waals surface area contributed by atoms with E-state index in [9.17, 15) is 23.3 Å². The Bertz CT molecular complexity index is 1570. The van der Waals surface area contributed by atoms with E-state index in [-0.39, 0.29) is 6.42 Å². The topological polar surface area (TPSA) is 135 Å². The smallest absolute Gasteiger partial charge is 0.410 e. The number of amides is 1. The number of likely N-dealkylation sites (tertiary alicyclic amines) is 1. The van der Waals surface area contributed by atoms with Gasteiger partial charge >= 0.3 is 12.1 Å². The quantitative estimate of drug-likeness (QED) is 0.372. The van der Waals surface area contributed by atoms with Crippen LogP contribution in [0.15, 0.2) is 48.5 Å². The zero-order valence-corrected chi connectivity index (χ0v) is 26.7. The monoisotopic (exact) mass is 625 g/mol. The molecule has 4 rings (SSSR count). The normalized spacial score (nSPS) is 19.8. The number of nitrogens with zero attached hydrogens (tertiary/aromatic N) is 3. The van der Waals surface area contributed by atoms with Crippen LogP contribution < -0.4 is 9.04 Å². The first-order valence-corrected chi connectivity index (χ1v) is 15.9. The summed E-state index contributed by atoms with van der Waals surface area (Å²) in [5.74, 6) is -0.299. The number of carbonyl (C=O) groups is 2. The number of anilines is 1. The van der Waals surface area contributed by atoms with Crippen molar-refractivity contribution in [2.24, 2.45) is 0 Å². The summed E-state index contributed by atoms with van der Waals surface area (Å²) in [7, 11) is -2.88. The molecule has 2 aromatic rings. The van der Waals surface area contributed by atoms with Gasteiger partial charge in [-0.3, -0.25) is 4.79 Å². The minimum Gasteiger partial charge on any atom is -0.497 e. The maximum Gasteiger partial charge on any atom is 0.410 e. The highest BCUT2D eigenvalue weighted by Crippen LogP contribution is 2.46. The standard InChI is InChI=1S/C32H39N3O8S/c1-22(36)41-23(2)44(38,39)35-29-19-28(40-6)11-10-26(29)20-32(35,15-12-24-8-7-9-25(18-24)21-33)42-27-13-16-34(17-14-27)30(37)43-31(3,4)5/h7-12,15,18-19,23,27H,13-14,16-17,20H2,1-6H3/b15-12+. The molecule has 1 fully saturated rings. The highest BCUT2D eigenvalue weighted by molar-refractivity contribution is 7.93. The number of benzene rings is 2. The number of sulfonamides is 1. The van der Waals surface area contributed by atoms with E-state index in [0.717, 1.165) is 6.92 Å². The maximum atomic E-state index is 14.3. The molecule has 236 valence electrons. The molecule has 1 amide bonds. The van der Waals surface area contributed by atoms with Crippen molar-refractivity contribution in [2.45, 2.75) is 76.7 Å². The molecule has 11 nitrogen and oxygen atoms in total. The number of methoxy groups -OCH3 is 1. The fourth-order valence-corrected chi connectivity index (χ4v) is 6.92. The first kappa shape index (κ1) is 32.8. The minimum atomic E-state index is -4.37. The van der Waals surface area contributed by atoms with E-state index >= 15 is 0 Å². The Kier molecular flexibility index (Phi) is 9.61. The van der Waals surface area contributed by atoms with Crippen molar-refractivity contribution < 1.29 is 37.0 Å². The van der Waals surface area contributed by atoms with Gasteiger partial charge in [0.2, 0.25) is 5.44 Å². The van der Waals surface area contributed by atoms with Crippen molar-refractivity contribution in [1.82, 2.24) is 4.90 Å². The lowest BCUT2D eigenvalue weighted by atomic mass is 10.0. The van der Waals surface area contributed by atoms with Gasteiger partial charge in [-0.1, -0.05) is 24.3 Å². The number of piperidine rings is 1. The number of nitriles is 1. The van der Waals surface area contributed by atoms with Crippen LogP contribution in [-0.2, 0) is 35.4 Å². The van der Waals surface area contributed by atoms with Crippen molar-refractivity contribution in [3.05, 3.63) is 65.2 Å². The van der Waals surface area contributed by atoms with E-state index in [0.29, 0.717) is 54.1 Å². The molecule has 0 N–H and O–H groups in total. The molecule has 2 atom stereocenters. The molecule has 0 spiro atoms. The molecule has 2 unspecified atom stereocenters. The molecule has 2 aliphatic rings. The van der Waals surface area contributed by atoms with Crippen LogP contribution in [0.5, 0.6) is 5.75 Å². The van der Waals surface area contributed by atoms with Crippen molar-refractivity contribution in [3.8, 4) is 11.8 Å². The van der Waals surface area contributed by atoms with E-state index in [4.69, 9.17) is 18.9 Å². The molecule has 0 aliphatic carbocycles. The zero-order valence-electron chi connectivity index (χ0n) is 25.9. The third-order valence-electron chi connectivity index (χ3n) is 7.32. The largest absolute Gasteiger partial charge is 0.497 e. The van der Waals surface area contributed by atoms with Gasteiger partial charge in [0, 0.05) is 32.5 Å². The first-order chi connectivity index (χ1) is 20.7. The highest BCUT2D eigenvalue weighted by atomic mass is 32.2. The lowest BCUT2D eigenvalue weighted by Gasteiger charge is -2.42. The molecule has 2 heterocycles. The number of hydrogen-bond donors (Lipinski definition) is 0. The highest BCUT2D eigenvalue weighted by Gasteiger charge is 2.53. The van der Waals surface area contributed by atoms with E-state index in [1.807, 2.05) is 20.8 Å². The van der Waals surface area contributed by atoms with Crippen molar-refractivity contribution in [2.75, 3.05) is 24.5 Å². The lowest BCUT2D eigenvalue weighted by molar-refractivity contribution is -0.142. The van der Waals surface area contributed by atoms with Crippen LogP contribution >= 0.6 is 0 Å². The summed E-state index contributed by atoms with van der Waals surface area (Å²) in [5.41, 5.74) is -1.58. The first-order valence-electron chi connectivity index (χ1n) is 14.4. The maximum absolute atomic E-state index is 14.3. The van der Waals surface area contributed by atoms with Gasteiger partial charge in [0.1, 0.15) is 11.4 Å². The predicted octanol–water partition coefficient (Wildman–Crippen LogP) is 4.99. The summed E-state index contributed by atoms with van der Waals surface area (Å²) in [6.45, 7) is 8.60. The van der Waals surface area contributed by atoms with E-state index in [2.05, 4.69) is 6.07 Å². The van der Waals surface area contributed by atoms with Gasteiger partial charge in [-0.15, -0.1) is 0 Å². The number of ether oxygens (including phenoxy) is 4. The van der Waals surface area contributed by atoms with Gasteiger partial charge in [0.25, 0.3) is 10.0 Å². The average Bonchev–Trinajstić information content (AvgIpc) is 3.29. The summed E-state index contributed by atoms with van der Waals surface area (Å²) < 4.78 is 52.6. The van der Waals surface area contributed by atoms with Crippen LogP contribution in [0.3, 0.4) is 0 Å². The second-order valence-corrected chi connectivity index (χ2v) is 13.9. The number of hydrogen-bond acceptors (Lipinski definition) is 9. The minimum absolute atomic E-state index is 0.152. The fourth-order valence-electron chi connectivity index (χ4n) is 5.32. The number of fused-ring (bicyclic) bond motifs is 1. The van der Waals surface area contributed by atoms with E-state index in [1.54, 1.807) is 59.5 Å². The Morgan fingerprint density at radius 2 is 1.84 bits per heavy atom. The van der Waals surface area contributed by atoms with Gasteiger partial charge in [0.05, 0.1) is 30.5 Å². The van der Waals surface area contributed by atoms with Crippen LogP contribution in [0.25, 0.3) is 6.08 Å². The van der Waals surface area contributed by atoms with Crippen LogP contribution in [0.1, 0.15) is 64.2 Å². The molecule has 1 saturated heterocycles. The molecule has 2 aromatic carbocycles. The van der Waals surface area contributed by atoms with Gasteiger partial charge in [-0.05, 0) is 75.9 Å². The van der Waals surface area contributed by atoms with Gasteiger partial charge < -0.3 is 23.8 Å². The Morgan fingerprint density at radius 1 is 1.14 bits per heavy atom. The van der Waals surface area contributed by atoms with Crippen LogP contribution in [0.2, 0.25) is 0 Å². The summed E-state index contributed by atoms with van der Waals surface area (Å²) in [6, 6.07) is 14.2.